The van der Waals surface area contributed by atoms with Gasteiger partial charge >= 0.3 is 6.03 Å². The molecule has 2 saturated heterocycles. The highest BCUT2D eigenvalue weighted by Gasteiger charge is 2.39. The molecule has 3 aromatic carbocycles. The van der Waals surface area contributed by atoms with Crippen LogP contribution in [-0.2, 0) is 13.0 Å². The van der Waals surface area contributed by atoms with Crippen LogP contribution in [0.5, 0.6) is 0 Å². The summed E-state index contributed by atoms with van der Waals surface area (Å²) in [6, 6.07) is 22.8. The molecule has 1 aliphatic carbocycles. The van der Waals surface area contributed by atoms with Crippen LogP contribution in [0.4, 0.5) is 4.79 Å². The molecule has 2 N–H and O–H groups in total. The number of benzene rings is 3. The van der Waals surface area contributed by atoms with E-state index in [-0.39, 0.29) is 29.3 Å². The first-order chi connectivity index (χ1) is 20.4. The van der Waals surface area contributed by atoms with Crippen molar-refractivity contribution in [2.24, 2.45) is 5.41 Å². The lowest BCUT2D eigenvalue weighted by atomic mass is 9.71. The third kappa shape index (κ3) is 6.02. The van der Waals surface area contributed by atoms with E-state index in [1.807, 2.05) is 58.3 Å². The van der Waals surface area contributed by atoms with Crippen molar-refractivity contribution >= 4 is 29.4 Å². The van der Waals surface area contributed by atoms with Gasteiger partial charge in [0.2, 0.25) is 0 Å². The molecule has 4 amide bonds. The van der Waals surface area contributed by atoms with Gasteiger partial charge in [0.25, 0.3) is 11.8 Å². The van der Waals surface area contributed by atoms with E-state index in [2.05, 4.69) is 10.6 Å². The summed E-state index contributed by atoms with van der Waals surface area (Å²) in [6.45, 7) is 3.49. The molecule has 6 rings (SSSR count). The number of nitrogens with one attached hydrogen (secondary N) is 2. The molecular weight excluding hydrogens is 548 g/mol. The molecule has 218 valence electrons. The van der Waals surface area contributed by atoms with Crippen molar-refractivity contribution in [3.05, 3.63) is 106 Å². The Balaban J connectivity index is 1.02. The number of aryl methyl sites for hydroxylation is 1. The highest BCUT2D eigenvalue weighted by molar-refractivity contribution is 6.33. The van der Waals surface area contributed by atoms with Crippen LogP contribution in [0.3, 0.4) is 0 Å². The quantitative estimate of drug-likeness (QED) is 0.387. The van der Waals surface area contributed by atoms with Gasteiger partial charge < -0.3 is 20.4 Å². The van der Waals surface area contributed by atoms with Gasteiger partial charge in [0.1, 0.15) is 0 Å². The van der Waals surface area contributed by atoms with E-state index < -0.39 is 0 Å². The second kappa shape index (κ2) is 12.2. The van der Waals surface area contributed by atoms with Crippen LogP contribution >= 0.6 is 11.6 Å². The van der Waals surface area contributed by atoms with Crippen molar-refractivity contribution in [3.8, 4) is 0 Å². The van der Waals surface area contributed by atoms with E-state index in [4.69, 9.17) is 11.6 Å². The standard InChI is InChI=1S/C34H37ClN4O3/c35-29-9-5-4-8-27(29)31(40)37-30-13-12-25-10-11-26(22-28(25)30)32(41)38-18-14-34(15-19-38)16-20-39(21-17-34)33(42)36-23-24-6-2-1-3-7-24/h1-11,22,30H,12-21,23H2,(H,36,42)(H,37,40). The predicted molar refractivity (Wildman–Crippen MR) is 163 cm³/mol. The van der Waals surface area contributed by atoms with Crippen molar-refractivity contribution in [2.45, 2.75) is 51.1 Å². The summed E-state index contributed by atoms with van der Waals surface area (Å²) in [4.78, 5) is 43.1. The van der Waals surface area contributed by atoms with Crippen LogP contribution in [0, 0.1) is 5.41 Å². The summed E-state index contributed by atoms with van der Waals surface area (Å²) in [6.07, 6.45) is 5.53. The molecule has 0 aromatic heterocycles. The lowest BCUT2D eigenvalue weighted by Gasteiger charge is -2.46. The monoisotopic (exact) mass is 584 g/mol. The predicted octanol–water partition coefficient (Wildman–Crippen LogP) is 5.99. The van der Waals surface area contributed by atoms with E-state index in [0.29, 0.717) is 22.7 Å². The van der Waals surface area contributed by atoms with Crippen LogP contribution in [0.15, 0.2) is 72.8 Å². The fourth-order valence-electron chi connectivity index (χ4n) is 6.70. The highest BCUT2D eigenvalue weighted by atomic mass is 35.5. The number of halogens is 1. The minimum absolute atomic E-state index is 0.000661. The molecule has 2 fully saturated rings. The Morgan fingerprint density at radius 1 is 0.833 bits per heavy atom. The molecule has 3 aromatic rings. The maximum Gasteiger partial charge on any atom is 0.317 e. The average Bonchev–Trinajstić information content (AvgIpc) is 3.42. The zero-order valence-corrected chi connectivity index (χ0v) is 24.5. The summed E-state index contributed by atoms with van der Waals surface area (Å²) in [5.74, 6) is -0.148. The van der Waals surface area contributed by atoms with Gasteiger partial charge in [0, 0.05) is 38.3 Å². The lowest BCUT2D eigenvalue weighted by molar-refractivity contribution is 0.0369. The largest absolute Gasteiger partial charge is 0.345 e. The summed E-state index contributed by atoms with van der Waals surface area (Å²) in [5.41, 5.74) is 4.62. The number of rotatable bonds is 5. The molecule has 0 bridgehead atoms. The first-order valence-corrected chi connectivity index (χ1v) is 15.3. The number of likely N-dealkylation sites (tertiary alicyclic amines) is 2. The van der Waals surface area contributed by atoms with Crippen molar-refractivity contribution in [1.82, 2.24) is 20.4 Å². The molecule has 0 radical (unpaired) electrons. The van der Waals surface area contributed by atoms with Gasteiger partial charge in [-0.05, 0) is 84.9 Å². The Labute approximate surface area is 252 Å². The molecule has 3 aliphatic rings. The van der Waals surface area contributed by atoms with Gasteiger partial charge in [-0.15, -0.1) is 0 Å². The molecule has 2 aliphatic heterocycles. The van der Waals surface area contributed by atoms with Gasteiger partial charge in [-0.25, -0.2) is 4.79 Å². The van der Waals surface area contributed by atoms with Gasteiger partial charge in [-0.1, -0.05) is 60.1 Å². The van der Waals surface area contributed by atoms with Crippen molar-refractivity contribution in [1.29, 1.82) is 0 Å². The van der Waals surface area contributed by atoms with Crippen LogP contribution in [-0.4, -0.2) is 53.8 Å². The number of hydrogen-bond acceptors (Lipinski definition) is 3. The van der Waals surface area contributed by atoms with Crippen LogP contribution in [0.1, 0.15) is 75.6 Å². The molecule has 7 nitrogen and oxygen atoms in total. The average molecular weight is 585 g/mol. The third-order valence-electron chi connectivity index (χ3n) is 9.40. The maximum absolute atomic E-state index is 13.6. The Morgan fingerprint density at radius 2 is 1.50 bits per heavy atom. The molecule has 1 spiro atoms. The fourth-order valence-corrected chi connectivity index (χ4v) is 6.92. The van der Waals surface area contributed by atoms with E-state index in [1.54, 1.807) is 24.3 Å². The normalized spacial score (nSPS) is 19.3. The maximum atomic E-state index is 13.6. The van der Waals surface area contributed by atoms with Gasteiger partial charge in [0.15, 0.2) is 0 Å². The lowest BCUT2D eigenvalue weighted by Crippen LogP contribution is -2.51. The van der Waals surface area contributed by atoms with E-state index in [9.17, 15) is 14.4 Å². The van der Waals surface area contributed by atoms with Crippen molar-refractivity contribution < 1.29 is 14.4 Å². The summed E-state index contributed by atoms with van der Waals surface area (Å²) < 4.78 is 0. The van der Waals surface area contributed by atoms with E-state index >= 15 is 0 Å². The minimum Gasteiger partial charge on any atom is -0.345 e. The van der Waals surface area contributed by atoms with Crippen molar-refractivity contribution in [3.63, 3.8) is 0 Å². The minimum atomic E-state index is -0.198. The second-order valence-corrected chi connectivity index (χ2v) is 12.3. The third-order valence-corrected chi connectivity index (χ3v) is 9.73. The smallest absolute Gasteiger partial charge is 0.317 e. The zero-order valence-electron chi connectivity index (χ0n) is 23.8. The second-order valence-electron chi connectivity index (χ2n) is 11.9. The molecule has 42 heavy (non-hydrogen) atoms. The van der Waals surface area contributed by atoms with E-state index in [0.717, 1.165) is 75.8 Å². The Hall–Kier alpha value is -3.84. The molecular formula is C34H37ClN4O3. The highest BCUT2D eigenvalue weighted by Crippen LogP contribution is 2.42. The number of fused-ring (bicyclic) bond motifs is 1. The number of carbonyl (C=O) groups excluding carboxylic acids is 3. The summed E-state index contributed by atoms with van der Waals surface area (Å²) >= 11 is 6.24. The molecule has 1 atom stereocenters. The number of nitrogens with zero attached hydrogens (tertiary/aromatic N) is 2. The number of urea groups is 1. The Morgan fingerprint density at radius 3 is 2.21 bits per heavy atom. The number of hydrogen-bond donors (Lipinski definition) is 2. The molecule has 2 heterocycles. The van der Waals surface area contributed by atoms with Crippen LogP contribution in [0.25, 0.3) is 0 Å². The van der Waals surface area contributed by atoms with Crippen LogP contribution < -0.4 is 10.6 Å². The topological polar surface area (TPSA) is 81.8 Å². The van der Waals surface area contributed by atoms with Crippen molar-refractivity contribution in [2.75, 3.05) is 26.2 Å². The van der Waals surface area contributed by atoms with Gasteiger partial charge in [-0.2, -0.15) is 0 Å². The zero-order chi connectivity index (χ0) is 29.1. The number of amides is 4. The van der Waals surface area contributed by atoms with Gasteiger partial charge in [0.05, 0.1) is 16.6 Å². The Bertz CT molecular complexity index is 1460. The van der Waals surface area contributed by atoms with Crippen LogP contribution in [0.2, 0.25) is 5.02 Å². The molecule has 8 heteroatoms. The molecule has 1 unspecified atom stereocenters. The fraction of sp³-hybridized carbons (Fsp3) is 0.382. The molecule has 0 saturated carbocycles. The first-order valence-electron chi connectivity index (χ1n) is 15.0. The Kier molecular flexibility index (Phi) is 8.20. The number of piperidine rings is 2. The van der Waals surface area contributed by atoms with Gasteiger partial charge in [-0.3, -0.25) is 9.59 Å². The van der Waals surface area contributed by atoms with E-state index in [1.165, 1.54) is 5.56 Å². The SMILES string of the molecule is O=C(NC1CCc2ccc(C(=O)N3CCC4(CCN(C(=O)NCc5ccccc5)CC4)CC3)cc21)c1ccccc1Cl. The number of carbonyl (C=O) groups is 3. The first kappa shape index (κ1) is 28.3. The summed E-state index contributed by atoms with van der Waals surface area (Å²) in [5, 5.41) is 6.60. The summed E-state index contributed by atoms with van der Waals surface area (Å²) in [7, 11) is 0.